The quantitative estimate of drug-likeness (QED) is 0.214. The van der Waals surface area contributed by atoms with Gasteiger partial charge in [0, 0.05) is 28.9 Å². The number of amides is 1. The summed E-state index contributed by atoms with van der Waals surface area (Å²) in [5.41, 5.74) is 4.95. The van der Waals surface area contributed by atoms with Crippen LogP contribution in [0.4, 0.5) is 4.39 Å². The van der Waals surface area contributed by atoms with E-state index in [1.54, 1.807) is 18.5 Å². The summed E-state index contributed by atoms with van der Waals surface area (Å²) >= 11 is 12.3. The molecule has 5 N–H and O–H groups in total. The van der Waals surface area contributed by atoms with E-state index >= 15 is 0 Å². The second-order valence-electron chi connectivity index (χ2n) is 7.93. The fraction of sp³-hybridized carbons (Fsp3) is 0.200. The molecule has 1 unspecified atom stereocenters. The summed E-state index contributed by atoms with van der Waals surface area (Å²) in [4.78, 5) is 15.8. The maximum Gasteiger partial charge on any atom is 0.268 e. The smallest absolute Gasteiger partial charge is 0.268 e. The Morgan fingerprint density at radius 1 is 1.14 bits per heavy atom. The summed E-state index contributed by atoms with van der Waals surface area (Å²) in [5, 5.41) is 23.5. The Balaban J connectivity index is 1.53. The van der Waals surface area contributed by atoms with E-state index in [1.165, 1.54) is 18.2 Å². The third kappa shape index (κ3) is 5.57. The summed E-state index contributed by atoms with van der Waals surface area (Å²) < 4.78 is 13.5. The molecule has 0 saturated heterocycles. The molecule has 2 aromatic heterocycles. The molecule has 10 heteroatoms. The Bertz CT molecular complexity index is 1340. The number of carbonyl (C=O) groups is 1. The molecule has 0 fully saturated rings. The lowest BCUT2D eigenvalue weighted by molar-refractivity contribution is 0.0911. The van der Waals surface area contributed by atoms with Crippen molar-refractivity contribution in [1.29, 1.82) is 0 Å². The van der Waals surface area contributed by atoms with Crippen LogP contribution in [0.1, 0.15) is 34.6 Å². The number of aromatic nitrogens is 3. The predicted molar refractivity (Wildman–Crippen MR) is 135 cm³/mol. The van der Waals surface area contributed by atoms with Crippen LogP contribution in [0.2, 0.25) is 10.0 Å². The lowest BCUT2D eigenvalue weighted by Crippen LogP contribution is -2.31. The molecule has 1 atom stereocenters. The molecule has 4 rings (SSSR count). The van der Waals surface area contributed by atoms with E-state index in [9.17, 15) is 14.3 Å². The van der Waals surface area contributed by atoms with E-state index in [0.29, 0.717) is 17.1 Å². The average molecular weight is 516 g/mol. The van der Waals surface area contributed by atoms with Crippen molar-refractivity contribution in [2.45, 2.75) is 19.5 Å². The Morgan fingerprint density at radius 2 is 1.97 bits per heavy atom. The molecule has 0 aliphatic carbocycles. The number of aromatic amines is 2. The van der Waals surface area contributed by atoms with E-state index < -0.39 is 17.8 Å². The number of benzene rings is 2. The fourth-order valence-electron chi connectivity index (χ4n) is 3.71. The van der Waals surface area contributed by atoms with Crippen LogP contribution in [0.5, 0.6) is 0 Å². The SMILES string of the molecule is CCNCc1ccc(-c2cn[nH]c2-c2c[nH]c(C(=O)NC(CO)c3ccc(F)c(Cl)c3)c2)cc1Cl. The van der Waals surface area contributed by atoms with E-state index in [0.717, 1.165) is 34.5 Å². The second kappa shape index (κ2) is 11.0. The summed E-state index contributed by atoms with van der Waals surface area (Å²) in [5.74, 6) is -1.01. The first-order valence-corrected chi connectivity index (χ1v) is 11.7. The topological polar surface area (TPSA) is 106 Å². The maximum absolute atomic E-state index is 13.5. The molecule has 0 aliphatic rings. The summed E-state index contributed by atoms with van der Waals surface area (Å²) in [6, 6.07) is 10.8. The second-order valence-corrected chi connectivity index (χ2v) is 8.74. The Labute approximate surface area is 211 Å². The van der Waals surface area contributed by atoms with Crippen molar-refractivity contribution in [1.82, 2.24) is 25.8 Å². The standard InChI is InChI=1S/C25H24Cl2FN5O2/c1-2-29-10-16-4-3-14(7-19(16)26)18-12-31-33-24(18)17-9-22(30-11-17)25(35)32-23(13-34)15-5-6-21(28)20(27)8-15/h3-9,11-12,23,29-30,34H,2,10,13H2,1H3,(H,31,33)(H,32,35). The molecule has 182 valence electrons. The van der Waals surface area contributed by atoms with Gasteiger partial charge in [-0.2, -0.15) is 5.10 Å². The van der Waals surface area contributed by atoms with Crippen molar-refractivity contribution in [3.8, 4) is 22.4 Å². The normalized spacial score (nSPS) is 12.0. The fourth-order valence-corrected chi connectivity index (χ4v) is 4.15. The number of nitrogens with one attached hydrogen (secondary N) is 4. The molecular weight excluding hydrogens is 492 g/mol. The zero-order valence-electron chi connectivity index (χ0n) is 18.8. The van der Waals surface area contributed by atoms with Crippen molar-refractivity contribution in [3.63, 3.8) is 0 Å². The largest absolute Gasteiger partial charge is 0.394 e. The van der Waals surface area contributed by atoms with Gasteiger partial charge in [-0.25, -0.2) is 4.39 Å². The number of hydrogen-bond donors (Lipinski definition) is 5. The van der Waals surface area contributed by atoms with Crippen molar-refractivity contribution in [2.75, 3.05) is 13.2 Å². The van der Waals surface area contributed by atoms with Gasteiger partial charge in [-0.05, 0) is 47.5 Å². The first-order valence-electron chi connectivity index (χ1n) is 11.0. The van der Waals surface area contributed by atoms with Crippen LogP contribution in [0.3, 0.4) is 0 Å². The predicted octanol–water partition coefficient (Wildman–Crippen LogP) is 5.09. The van der Waals surface area contributed by atoms with Gasteiger partial charge in [0.05, 0.1) is 29.6 Å². The Kier molecular flexibility index (Phi) is 7.87. The van der Waals surface area contributed by atoms with E-state index in [4.69, 9.17) is 23.2 Å². The van der Waals surface area contributed by atoms with Gasteiger partial charge in [0.25, 0.3) is 5.91 Å². The first-order chi connectivity index (χ1) is 16.9. The molecule has 0 aliphatic heterocycles. The molecule has 2 heterocycles. The van der Waals surface area contributed by atoms with Crippen LogP contribution < -0.4 is 10.6 Å². The third-order valence-electron chi connectivity index (χ3n) is 5.62. The molecule has 2 aromatic carbocycles. The van der Waals surface area contributed by atoms with Crippen LogP contribution in [-0.4, -0.2) is 39.3 Å². The molecule has 4 aromatic rings. The highest BCUT2D eigenvalue weighted by molar-refractivity contribution is 6.31. The van der Waals surface area contributed by atoms with Crippen molar-refractivity contribution >= 4 is 29.1 Å². The highest BCUT2D eigenvalue weighted by atomic mass is 35.5. The molecule has 0 spiro atoms. The van der Waals surface area contributed by atoms with Gasteiger partial charge in [0.2, 0.25) is 0 Å². The third-order valence-corrected chi connectivity index (χ3v) is 6.26. The van der Waals surface area contributed by atoms with E-state index in [2.05, 4.69) is 25.8 Å². The number of rotatable bonds is 9. The number of nitrogens with zero attached hydrogens (tertiary/aromatic N) is 1. The minimum Gasteiger partial charge on any atom is -0.394 e. The number of aliphatic hydroxyl groups excluding tert-OH is 1. The monoisotopic (exact) mass is 515 g/mol. The molecule has 0 saturated carbocycles. The van der Waals surface area contributed by atoms with Crippen LogP contribution in [0.25, 0.3) is 22.4 Å². The number of H-pyrrole nitrogens is 2. The minimum absolute atomic E-state index is 0.0844. The first kappa shape index (κ1) is 24.9. The molecule has 0 radical (unpaired) electrons. The van der Waals surface area contributed by atoms with Gasteiger partial charge < -0.3 is 20.7 Å². The lowest BCUT2D eigenvalue weighted by atomic mass is 10.0. The summed E-state index contributed by atoms with van der Waals surface area (Å²) in [7, 11) is 0. The zero-order valence-corrected chi connectivity index (χ0v) is 20.3. The molecule has 35 heavy (non-hydrogen) atoms. The van der Waals surface area contributed by atoms with E-state index in [1.807, 2.05) is 25.1 Å². The average Bonchev–Trinajstić information content (AvgIpc) is 3.53. The van der Waals surface area contributed by atoms with Gasteiger partial charge in [-0.3, -0.25) is 9.89 Å². The lowest BCUT2D eigenvalue weighted by Gasteiger charge is -2.16. The number of hydrogen-bond acceptors (Lipinski definition) is 4. The van der Waals surface area contributed by atoms with Crippen LogP contribution in [-0.2, 0) is 6.54 Å². The van der Waals surface area contributed by atoms with Crippen LogP contribution in [0.15, 0.2) is 54.9 Å². The van der Waals surface area contributed by atoms with Gasteiger partial charge >= 0.3 is 0 Å². The van der Waals surface area contributed by atoms with Crippen molar-refractivity contribution in [3.05, 3.63) is 87.5 Å². The summed E-state index contributed by atoms with van der Waals surface area (Å²) in [6.07, 6.45) is 3.40. The molecule has 7 nitrogen and oxygen atoms in total. The van der Waals surface area contributed by atoms with Gasteiger partial charge in [-0.15, -0.1) is 0 Å². The minimum atomic E-state index is -0.752. The molecule has 1 amide bonds. The van der Waals surface area contributed by atoms with Gasteiger partial charge in [0.15, 0.2) is 0 Å². The maximum atomic E-state index is 13.5. The van der Waals surface area contributed by atoms with Crippen LogP contribution >= 0.6 is 23.2 Å². The number of carbonyl (C=O) groups excluding carboxylic acids is 1. The Morgan fingerprint density at radius 3 is 2.69 bits per heavy atom. The number of halogens is 3. The highest BCUT2D eigenvalue weighted by Gasteiger charge is 2.19. The molecular formula is C25H24Cl2FN5O2. The van der Waals surface area contributed by atoms with E-state index in [-0.39, 0.29) is 17.3 Å². The zero-order chi connectivity index (χ0) is 24.9. The number of aliphatic hydroxyl groups is 1. The van der Waals surface area contributed by atoms with Crippen molar-refractivity contribution in [2.24, 2.45) is 0 Å². The van der Waals surface area contributed by atoms with Crippen LogP contribution in [0, 0.1) is 5.82 Å². The Hall–Kier alpha value is -3.17. The van der Waals surface area contributed by atoms with Gasteiger partial charge in [-0.1, -0.05) is 48.3 Å². The molecule has 0 bridgehead atoms. The van der Waals surface area contributed by atoms with Crippen molar-refractivity contribution < 1.29 is 14.3 Å². The summed E-state index contributed by atoms with van der Waals surface area (Å²) in [6.45, 7) is 3.19. The van der Waals surface area contributed by atoms with Gasteiger partial charge in [0.1, 0.15) is 11.5 Å². The highest BCUT2D eigenvalue weighted by Crippen LogP contribution is 2.33.